The summed E-state index contributed by atoms with van der Waals surface area (Å²) >= 11 is 5.37. The van der Waals surface area contributed by atoms with Gasteiger partial charge >= 0.3 is 0 Å². The van der Waals surface area contributed by atoms with E-state index in [1.54, 1.807) is 7.05 Å². The lowest BCUT2D eigenvalue weighted by Gasteiger charge is -2.29. The molecule has 0 fully saturated rings. The van der Waals surface area contributed by atoms with Crippen molar-refractivity contribution in [2.45, 2.75) is 96.8 Å². The highest BCUT2D eigenvalue weighted by Crippen LogP contribution is 2.37. The Morgan fingerprint density at radius 1 is 0.824 bits per heavy atom. The molecule has 9 heteroatoms. The van der Waals surface area contributed by atoms with E-state index in [1.807, 2.05) is 26.0 Å². The number of nitrogens with zero attached hydrogens (tertiary/aromatic N) is 2. The summed E-state index contributed by atoms with van der Waals surface area (Å²) in [5.41, 5.74) is 0. The first kappa shape index (κ1) is 33.8. The maximum absolute atomic E-state index is 11.9. The number of hydrogen-bond donors (Lipinski definition) is 1. The average Bonchev–Trinajstić information content (AvgIpc) is 2.76. The van der Waals surface area contributed by atoms with E-state index in [1.165, 1.54) is 77.0 Å². The van der Waals surface area contributed by atoms with Crippen molar-refractivity contribution in [2.75, 3.05) is 61.0 Å². The van der Waals surface area contributed by atoms with Crippen molar-refractivity contribution in [2.24, 2.45) is 0 Å². The van der Waals surface area contributed by atoms with Crippen molar-refractivity contribution >= 4 is 25.2 Å². The molecule has 204 valence electrons. The Morgan fingerprint density at radius 3 is 1.71 bits per heavy atom. The van der Waals surface area contributed by atoms with Crippen molar-refractivity contribution in [1.29, 1.82) is 0 Å². The standard InChI is InChI=1S/C25H54N3O4PS/c1-6-7-8-9-10-11-12-13-14-15-16-17-18-19-20-27(25(34)26-2)21-23-31-33(29,30)32-24-22-28(3,4)5/h6-24H2,1-5H3,(H-,26,29,30,34). The molecule has 34 heavy (non-hydrogen) atoms. The summed E-state index contributed by atoms with van der Waals surface area (Å²) in [4.78, 5) is 13.9. The molecular weight excluding hydrogens is 469 g/mol. The third kappa shape index (κ3) is 22.2. The molecule has 0 saturated carbocycles. The van der Waals surface area contributed by atoms with Crippen LogP contribution in [-0.4, -0.2) is 75.5 Å². The van der Waals surface area contributed by atoms with E-state index in [2.05, 4.69) is 12.2 Å². The minimum atomic E-state index is -4.29. The van der Waals surface area contributed by atoms with Crippen LogP contribution in [0.2, 0.25) is 0 Å². The zero-order valence-electron chi connectivity index (χ0n) is 22.8. The highest BCUT2D eigenvalue weighted by Gasteiger charge is 2.15. The summed E-state index contributed by atoms with van der Waals surface area (Å²) in [6.07, 6.45) is 18.5. The van der Waals surface area contributed by atoms with Gasteiger partial charge in [0.05, 0.1) is 27.7 Å². The van der Waals surface area contributed by atoms with Crippen molar-refractivity contribution in [3.63, 3.8) is 0 Å². The predicted octanol–water partition coefficient (Wildman–Crippen LogP) is 5.48. The van der Waals surface area contributed by atoms with Crippen molar-refractivity contribution in [3.8, 4) is 0 Å². The molecule has 1 N–H and O–H groups in total. The van der Waals surface area contributed by atoms with E-state index in [9.17, 15) is 9.46 Å². The van der Waals surface area contributed by atoms with Gasteiger partial charge in [-0.2, -0.15) is 0 Å². The molecule has 0 radical (unpaired) electrons. The lowest BCUT2D eigenvalue weighted by Crippen LogP contribution is -2.40. The topological polar surface area (TPSA) is 73.9 Å². The van der Waals surface area contributed by atoms with Gasteiger partial charge in [0.2, 0.25) is 0 Å². The molecule has 1 atom stereocenters. The highest BCUT2D eigenvalue weighted by atomic mass is 32.1. The monoisotopic (exact) mass is 523 g/mol. The maximum Gasteiger partial charge on any atom is 0.268 e. The molecule has 0 bridgehead atoms. The normalized spacial score (nSPS) is 13.6. The quantitative estimate of drug-likeness (QED) is 0.0822. The Hall–Kier alpha value is -0.240. The third-order valence-electron chi connectivity index (χ3n) is 5.90. The van der Waals surface area contributed by atoms with Crippen LogP contribution in [0.1, 0.15) is 96.8 Å². The fourth-order valence-electron chi connectivity index (χ4n) is 3.70. The SMILES string of the molecule is CCCCCCCCCCCCCCCCN(CCOP(=O)([O-])OCC[N+](C)(C)C)C(=S)NC. The van der Waals surface area contributed by atoms with Gasteiger partial charge in [-0.1, -0.05) is 90.4 Å². The summed E-state index contributed by atoms with van der Waals surface area (Å²) in [6, 6.07) is 0. The number of likely N-dealkylation sites (N-methyl/N-ethyl adjacent to an activating group) is 1. The summed E-state index contributed by atoms with van der Waals surface area (Å²) in [6.45, 7) is 4.22. The molecular formula is C25H54N3O4PS. The van der Waals surface area contributed by atoms with Gasteiger partial charge in [0, 0.05) is 20.1 Å². The summed E-state index contributed by atoms with van der Waals surface area (Å²) in [7, 11) is 3.44. The summed E-state index contributed by atoms with van der Waals surface area (Å²) in [5, 5.41) is 3.60. The minimum Gasteiger partial charge on any atom is -0.756 e. The Balaban J connectivity index is 3.85. The molecule has 0 aromatic heterocycles. The molecule has 0 aliphatic heterocycles. The summed E-state index contributed by atoms with van der Waals surface area (Å²) in [5.74, 6) is 0. The Morgan fingerprint density at radius 2 is 1.26 bits per heavy atom. The molecule has 0 spiro atoms. The zero-order chi connectivity index (χ0) is 25.7. The number of rotatable bonds is 23. The molecule has 0 aliphatic rings. The Labute approximate surface area is 216 Å². The molecule has 0 amide bonds. The van der Waals surface area contributed by atoms with Crippen LogP contribution in [0.5, 0.6) is 0 Å². The van der Waals surface area contributed by atoms with Gasteiger partial charge in [0.25, 0.3) is 7.82 Å². The number of nitrogens with one attached hydrogen (secondary N) is 1. The van der Waals surface area contributed by atoms with Gasteiger partial charge in [-0.05, 0) is 18.6 Å². The van der Waals surface area contributed by atoms with E-state index in [-0.39, 0.29) is 13.2 Å². The number of unbranched alkanes of at least 4 members (excludes halogenated alkanes) is 13. The van der Waals surface area contributed by atoms with Crippen LogP contribution in [0, 0.1) is 0 Å². The van der Waals surface area contributed by atoms with E-state index in [0.29, 0.717) is 22.7 Å². The number of quaternary nitrogens is 1. The van der Waals surface area contributed by atoms with Crippen LogP contribution in [0.4, 0.5) is 0 Å². The second-order valence-electron chi connectivity index (χ2n) is 10.3. The molecule has 1 unspecified atom stereocenters. The van der Waals surface area contributed by atoms with Crippen LogP contribution in [-0.2, 0) is 13.6 Å². The van der Waals surface area contributed by atoms with Crippen LogP contribution < -0.4 is 10.2 Å². The Bertz CT molecular complexity index is 547. The lowest BCUT2D eigenvalue weighted by molar-refractivity contribution is -0.870. The average molecular weight is 524 g/mol. The number of phosphoric acid groups is 1. The van der Waals surface area contributed by atoms with Crippen molar-refractivity contribution in [3.05, 3.63) is 0 Å². The van der Waals surface area contributed by atoms with E-state index >= 15 is 0 Å². The first-order valence-electron chi connectivity index (χ1n) is 13.5. The fourth-order valence-corrected chi connectivity index (χ4v) is 4.56. The largest absolute Gasteiger partial charge is 0.756 e. The fraction of sp³-hybridized carbons (Fsp3) is 0.960. The van der Waals surface area contributed by atoms with Crippen LogP contribution in [0.3, 0.4) is 0 Å². The molecule has 0 rings (SSSR count). The van der Waals surface area contributed by atoms with Gasteiger partial charge in [-0.3, -0.25) is 4.57 Å². The van der Waals surface area contributed by atoms with Crippen molar-refractivity contribution in [1.82, 2.24) is 10.2 Å². The molecule has 7 nitrogen and oxygen atoms in total. The van der Waals surface area contributed by atoms with Crippen LogP contribution >= 0.6 is 20.0 Å². The minimum absolute atomic E-state index is 0.0333. The van der Waals surface area contributed by atoms with E-state index < -0.39 is 7.82 Å². The van der Waals surface area contributed by atoms with E-state index in [4.69, 9.17) is 21.3 Å². The van der Waals surface area contributed by atoms with Crippen LogP contribution in [0.25, 0.3) is 0 Å². The van der Waals surface area contributed by atoms with E-state index in [0.717, 1.165) is 19.4 Å². The smallest absolute Gasteiger partial charge is 0.268 e. The second-order valence-corrected chi connectivity index (χ2v) is 12.1. The number of hydrogen-bond acceptors (Lipinski definition) is 5. The summed E-state index contributed by atoms with van der Waals surface area (Å²) < 4.78 is 22.6. The highest BCUT2D eigenvalue weighted by molar-refractivity contribution is 7.80. The maximum atomic E-state index is 11.9. The van der Waals surface area contributed by atoms with Gasteiger partial charge in [-0.15, -0.1) is 0 Å². The molecule has 0 saturated heterocycles. The first-order valence-corrected chi connectivity index (χ1v) is 15.4. The second kappa shape index (κ2) is 20.9. The molecule has 0 aromatic rings. The molecule has 0 heterocycles. The van der Waals surface area contributed by atoms with Gasteiger partial charge in [0.1, 0.15) is 13.2 Å². The molecule has 0 aromatic carbocycles. The predicted molar refractivity (Wildman–Crippen MR) is 146 cm³/mol. The third-order valence-corrected chi connectivity index (χ3v) is 7.36. The first-order chi connectivity index (χ1) is 16.1. The lowest BCUT2D eigenvalue weighted by atomic mass is 10.0. The van der Waals surface area contributed by atoms with Gasteiger partial charge in [0.15, 0.2) is 5.11 Å². The molecule has 0 aliphatic carbocycles. The number of phosphoric ester groups is 1. The zero-order valence-corrected chi connectivity index (χ0v) is 24.5. The van der Waals surface area contributed by atoms with Gasteiger partial charge in [-0.25, -0.2) is 0 Å². The van der Waals surface area contributed by atoms with Gasteiger partial charge < -0.3 is 28.6 Å². The Kier molecular flexibility index (Phi) is 20.8. The van der Waals surface area contributed by atoms with Crippen molar-refractivity contribution < 1.29 is 23.0 Å². The number of thiocarbonyl (C=S) groups is 1. The van der Waals surface area contributed by atoms with Crippen LogP contribution in [0.15, 0.2) is 0 Å².